The monoisotopic (exact) mass is 266 g/mol. The molecule has 0 amide bonds. The van der Waals surface area contributed by atoms with E-state index in [2.05, 4.69) is 30.3 Å². The predicted molar refractivity (Wildman–Crippen MR) is 76.2 cm³/mol. The minimum absolute atomic E-state index is 0.365. The minimum Gasteiger partial charge on any atom is -0.465 e. The highest BCUT2D eigenvalue weighted by Gasteiger charge is 2.25. The third-order valence-electron chi connectivity index (χ3n) is 3.55. The second kappa shape index (κ2) is 7.08. The first-order valence-corrected chi connectivity index (χ1v) is 7.27. The summed E-state index contributed by atoms with van der Waals surface area (Å²) in [4.78, 5) is 2.28. The van der Waals surface area contributed by atoms with Gasteiger partial charge in [0.1, 0.15) is 11.5 Å². The van der Waals surface area contributed by atoms with E-state index in [0.717, 1.165) is 44.1 Å². The van der Waals surface area contributed by atoms with Crippen molar-refractivity contribution in [2.45, 2.75) is 45.4 Å². The van der Waals surface area contributed by atoms with Gasteiger partial charge in [-0.3, -0.25) is 4.90 Å². The van der Waals surface area contributed by atoms with Gasteiger partial charge in [0.05, 0.1) is 18.8 Å². The molecule has 2 heterocycles. The van der Waals surface area contributed by atoms with Crippen molar-refractivity contribution in [3.63, 3.8) is 0 Å². The van der Waals surface area contributed by atoms with Gasteiger partial charge in [-0.05, 0) is 45.5 Å². The topological polar surface area (TPSA) is 37.6 Å². The number of nitrogens with zero attached hydrogens (tertiary/aromatic N) is 1. The summed E-state index contributed by atoms with van der Waals surface area (Å²) in [5.41, 5.74) is 0. The fourth-order valence-electron chi connectivity index (χ4n) is 2.62. The van der Waals surface area contributed by atoms with Gasteiger partial charge in [0.25, 0.3) is 0 Å². The third kappa shape index (κ3) is 4.64. The molecule has 2 rings (SSSR count). The minimum atomic E-state index is 0.365. The Morgan fingerprint density at radius 3 is 2.79 bits per heavy atom. The number of furan rings is 1. The summed E-state index contributed by atoms with van der Waals surface area (Å²) in [6, 6.07) is 4.07. The van der Waals surface area contributed by atoms with Gasteiger partial charge in [-0.2, -0.15) is 0 Å². The van der Waals surface area contributed by atoms with Crippen LogP contribution in [0.5, 0.6) is 0 Å². The highest BCUT2D eigenvalue weighted by molar-refractivity contribution is 5.05. The molecular formula is C15H26N2O2. The first-order valence-electron chi connectivity index (χ1n) is 7.27. The fraction of sp³-hybridized carbons (Fsp3) is 0.733. The van der Waals surface area contributed by atoms with Crippen LogP contribution in [0, 0.1) is 6.92 Å². The van der Waals surface area contributed by atoms with Crippen molar-refractivity contribution in [2.75, 3.05) is 26.7 Å². The Hall–Kier alpha value is -0.840. The van der Waals surface area contributed by atoms with Crippen LogP contribution in [0.25, 0.3) is 0 Å². The standard InChI is InChI=1S/C15H26N2O2/c1-4-16-9-13-7-8-15(19-13)11-17(3)10-14-6-5-12(2)18-14/h5-6,13,15-16H,4,7-11H2,1-3H3. The molecule has 0 saturated carbocycles. The average molecular weight is 266 g/mol. The van der Waals surface area contributed by atoms with Crippen molar-refractivity contribution in [1.29, 1.82) is 0 Å². The molecule has 2 unspecified atom stereocenters. The molecule has 4 heteroatoms. The van der Waals surface area contributed by atoms with Gasteiger partial charge < -0.3 is 14.5 Å². The molecule has 1 aromatic rings. The first-order chi connectivity index (χ1) is 9.17. The Kier molecular flexibility index (Phi) is 5.43. The quantitative estimate of drug-likeness (QED) is 0.821. The van der Waals surface area contributed by atoms with Crippen molar-refractivity contribution >= 4 is 0 Å². The number of hydrogen-bond acceptors (Lipinski definition) is 4. The van der Waals surface area contributed by atoms with E-state index in [0.29, 0.717) is 12.2 Å². The molecule has 2 atom stereocenters. The number of hydrogen-bond donors (Lipinski definition) is 1. The largest absolute Gasteiger partial charge is 0.465 e. The number of aryl methyl sites for hydroxylation is 1. The van der Waals surface area contributed by atoms with Crippen LogP contribution in [0.2, 0.25) is 0 Å². The maximum absolute atomic E-state index is 6.04. The number of ether oxygens (including phenoxy) is 1. The van der Waals surface area contributed by atoms with Gasteiger partial charge in [0.2, 0.25) is 0 Å². The van der Waals surface area contributed by atoms with Crippen LogP contribution in [-0.4, -0.2) is 43.8 Å². The maximum Gasteiger partial charge on any atom is 0.118 e. The SMILES string of the molecule is CCNCC1CCC(CN(C)Cc2ccc(C)o2)O1. The van der Waals surface area contributed by atoms with Crippen LogP contribution in [0.4, 0.5) is 0 Å². The first kappa shape index (κ1) is 14.6. The lowest BCUT2D eigenvalue weighted by Crippen LogP contribution is -2.31. The van der Waals surface area contributed by atoms with Crippen LogP contribution in [0.15, 0.2) is 16.5 Å². The van der Waals surface area contributed by atoms with Crippen LogP contribution in [0.1, 0.15) is 31.3 Å². The molecule has 0 bridgehead atoms. The van der Waals surface area contributed by atoms with Gasteiger partial charge in [-0.25, -0.2) is 0 Å². The van der Waals surface area contributed by atoms with E-state index < -0.39 is 0 Å². The van der Waals surface area contributed by atoms with Crippen molar-refractivity contribution in [1.82, 2.24) is 10.2 Å². The molecule has 1 aliphatic heterocycles. The summed E-state index contributed by atoms with van der Waals surface area (Å²) >= 11 is 0. The molecule has 1 aromatic heterocycles. The third-order valence-corrected chi connectivity index (χ3v) is 3.55. The summed E-state index contributed by atoms with van der Waals surface area (Å²) < 4.78 is 11.6. The molecule has 1 N–H and O–H groups in total. The highest BCUT2D eigenvalue weighted by Crippen LogP contribution is 2.20. The second-order valence-electron chi connectivity index (χ2n) is 5.47. The second-order valence-corrected chi connectivity index (χ2v) is 5.47. The molecule has 108 valence electrons. The molecule has 0 aliphatic carbocycles. The molecule has 19 heavy (non-hydrogen) atoms. The number of likely N-dealkylation sites (N-methyl/N-ethyl adjacent to an activating group) is 2. The van der Waals surface area contributed by atoms with Gasteiger partial charge >= 0.3 is 0 Å². The average Bonchev–Trinajstić information content (AvgIpc) is 2.96. The van der Waals surface area contributed by atoms with Gasteiger partial charge in [-0.15, -0.1) is 0 Å². The summed E-state index contributed by atoms with van der Waals surface area (Å²) in [6.07, 6.45) is 3.09. The Labute approximate surface area is 116 Å². The molecule has 0 aromatic carbocycles. The normalized spacial score (nSPS) is 23.4. The van der Waals surface area contributed by atoms with E-state index in [-0.39, 0.29) is 0 Å². The van der Waals surface area contributed by atoms with E-state index in [4.69, 9.17) is 9.15 Å². The lowest BCUT2D eigenvalue weighted by molar-refractivity contribution is 0.0260. The van der Waals surface area contributed by atoms with E-state index in [9.17, 15) is 0 Å². The lowest BCUT2D eigenvalue weighted by atomic mass is 10.2. The van der Waals surface area contributed by atoms with Crippen LogP contribution < -0.4 is 5.32 Å². The number of nitrogens with one attached hydrogen (secondary N) is 1. The van der Waals surface area contributed by atoms with Gasteiger partial charge in [0.15, 0.2) is 0 Å². The zero-order valence-electron chi connectivity index (χ0n) is 12.3. The summed E-state index contributed by atoms with van der Waals surface area (Å²) in [6.45, 7) is 7.94. The van der Waals surface area contributed by atoms with E-state index in [1.54, 1.807) is 0 Å². The Bertz CT molecular complexity index is 378. The summed E-state index contributed by atoms with van der Waals surface area (Å²) in [5.74, 6) is 2.01. The van der Waals surface area contributed by atoms with Crippen molar-refractivity contribution < 1.29 is 9.15 Å². The Morgan fingerprint density at radius 1 is 1.32 bits per heavy atom. The highest BCUT2D eigenvalue weighted by atomic mass is 16.5. The van der Waals surface area contributed by atoms with Gasteiger partial charge in [-0.1, -0.05) is 6.92 Å². The lowest BCUT2D eigenvalue weighted by Gasteiger charge is -2.20. The zero-order chi connectivity index (χ0) is 13.7. The Morgan fingerprint density at radius 2 is 2.11 bits per heavy atom. The molecule has 1 saturated heterocycles. The van der Waals surface area contributed by atoms with E-state index in [1.807, 2.05) is 13.0 Å². The molecule has 1 fully saturated rings. The molecule has 0 radical (unpaired) electrons. The fourth-order valence-corrected chi connectivity index (χ4v) is 2.62. The van der Waals surface area contributed by atoms with Crippen LogP contribution in [-0.2, 0) is 11.3 Å². The molecular weight excluding hydrogens is 240 g/mol. The van der Waals surface area contributed by atoms with E-state index >= 15 is 0 Å². The van der Waals surface area contributed by atoms with E-state index in [1.165, 1.54) is 6.42 Å². The molecule has 0 spiro atoms. The van der Waals surface area contributed by atoms with Gasteiger partial charge in [0, 0.05) is 13.1 Å². The summed E-state index contributed by atoms with van der Waals surface area (Å²) in [7, 11) is 2.12. The van der Waals surface area contributed by atoms with Crippen molar-refractivity contribution in [2.24, 2.45) is 0 Å². The molecule has 1 aliphatic rings. The summed E-state index contributed by atoms with van der Waals surface area (Å²) in [5, 5.41) is 3.35. The smallest absolute Gasteiger partial charge is 0.118 e. The maximum atomic E-state index is 6.04. The Balaban J connectivity index is 1.70. The molecule has 4 nitrogen and oxygen atoms in total. The van der Waals surface area contributed by atoms with Crippen molar-refractivity contribution in [3.8, 4) is 0 Å². The number of rotatable bonds is 7. The van der Waals surface area contributed by atoms with Crippen LogP contribution in [0.3, 0.4) is 0 Å². The van der Waals surface area contributed by atoms with Crippen molar-refractivity contribution in [3.05, 3.63) is 23.7 Å². The van der Waals surface area contributed by atoms with Crippen LogP contribution >= 0.6 is 0 Å². The zero-order valence-corrected chi connectivity index (χ0v) is 12.3. The predicted octanol–water partition coefficient (Wildman–Crippen LogP) is 2.18.